The number of carbonyl (C=O) groups excluding carboxylic acids is 1. The molecular weight excluding hydrogens is 298 g/mol. The zero-order valence-corrected chi connectivity index (χ0v) is 14.0. The van der Waals surface area contributed by atoms with Crippen molar-refractivity contribution >= 4 is 5.97 Å². The van der Waals surface area contributed by atoms with E-state index in [1.165, 1.54) is 12.0 Å². The molecule has 1 heterocycles. The van der Waals surface area contributed by atoms with Gasteiger partial charge in [-0.3, -0.25) is 0 Å². The third kappa shape index (κ3) is 5.49. The normalized spacial score (nSPS) is 25.7. The second-order valence-electron chi connectivity index (χ2n) is 6.10. The average Bonchev–Trinajstić information content (AvgIpc) is 2.51. The fourth-order valence-electron chi connectivity index (χ4n) is 2.95. The van der Waals surface area contributed by atoms with Gasteiger partial charge in [0.05, 0.1) is 12.7 Å². The molecule has 1 aliphatic rings. The number of aliphatic hydroxyl groups is 1. The Bertz CT molecular complexity index is 494. The Morgan fingerprint density at radius 3 is 2.48 bits per heavy atom. The van der Waals surface area contributed by atoms with Gasteiger partial charge in [0.1, 0.15) is 50.3 Å². The number of hydrogen-bond acceptors (Lipinski definition) is 5. The summed E-state index contributed by atoms with van der Waals surface area (Å²) >= 11 is 0. The summed E-state index contributed by atoms with van der Waals surface area (Å²) < 4.78 is 15.9. The van der Waals surface area contributed by atoms with Gasteiger partial charge in [-0.05, 0) is 38.1 Å². The molecule has 1 aliphatic heterocycles. The van der Waals surface area contributed by atoms with E-state index in [4.69, 9.17) is 9.47 Å². The van der Waals surface area contributed by atoms with Crippen molar-refractivity contribution in [3.63, 3.8) is 0 Å². The van der Waals surface area contributed by atoms with Gasteiger partial charge in [-0.15, -0.1) is 0 Å². The van der Waals surface area contributed by atoms with Crippen molar-refractivity contribution in [2.45, 2.75) is 32.2 Å². The molecule has 128 valence electrons. The molecule has 0 aromatic heterocycles. The monoisotopic (exact) mass is 324 g/mol. The average molecular weight is 324 g/mol. The van der Waals surface area contributed by atoms with Crippen LogP contribution in [0.1, 0.15) is 24.2 Å². The fraction of sp³-hybridized carbons (Fsp3) is 0.588. The molecule has 1 fully saturated rings. The topological polar surface area (TPSA) is 69.4 Å². The molecule has 0 bridgehead atoms. The van der Waals surface area contributed by atoms with Crippen LogP contribution in [-0.2, 0) is 9.47 Å². The third-order valence-electron chi connectivity index (χ3n) is 3.86. The van der Waals surface area contributed by atoms with Gasteiger partial charge < -0.3 is 24.2 Å². The summed E-state index contributed by atoms with van der Waals surface area (Å²) in [4.78, 5) is 12.7. The molecule has 6 heteroatoms. The highest BCUT2D eigenvalue weighted by Crippen LogP contribution is 2.13. The van der Waals surface area contributed by atoms with Gasteiger partial charge in [-0.1, -0.05) is 0 Å². The third-order valence-corrected chi connectivity index (χ3v) is 3.86. The first-order valence-electron chi connectivity index (χ1n) is 7.96. The molecule has 0 spiro atoms. The molecule has 1 aromatic carbocycles. The maximum absolute atomic E-state index is 11.3. The first kappa shape index (κ1) is 17.7. The van der Waals surface area contributed by atoms with Crippen LogP contribution >= 0.6 is 0 Å². The predicted octanol–water partition coefficient (Wildman–Crippen LogP) is -0.0950. The van der Waals surface area contributed by atoms with Crippen molar-refractivity contribution in [1.29, 1.82) is 0 Å². The highest BCUT2D eigenvalue weighted by molar-refractivity contribution is 5.89. The van der Waals surface area contributed by atoms with Crippen LogP contribution < -0.4 is 9.64 Å². The van der Waals surface area contributed by atoms with Crippen molar-refractivity contribution in [2.24, 2.45) is 0 Å². The largest absolute Gasteiger partial charge is 0.491 e. The van der Waals surface area contributed by atoms with Crippen LogP contribution in [0.15, 0.2) is 24.3 Å². The molecule has 0 aliphatic carbocycles. The lowest BCUT2D eigenvalue weighted by Gasteiger charge is -2.33. The Hall–Kier alpha value is -1.63. The molecular formula is C17H26NO5+. The maximum Gasteiger partial charge on any atom is 0.337 e. The number of hydrogen-bond donors (Lipinski definition) is 2. The van der Waals surface area contributed by atoms with Crippen LogP contribution in [0.5, 0.6) is 5.75 Å². The first-order valence-corrected chi connectivity index (χ1v) is 7.96. The van der Waals surface area contributed by atoms with Gasteiger partial charge in [-0.2, -0.15) is 0 Å². The van der Waals surface area contributed by atoms with E-state index in [-0.39, 0.29) is 24.8 Å². The minimum atomic E-state index is -0.539. The minimum absolute atomic E-state index is 0.215. The number of nitrogens with one attached hydrogen (secondary N) is 1. The number of quaternary nitrogens is 1. The zero-order valence-electron chi connectivity index (χ0n) is 14.0. The quantitative estimate of drug-likeness (QED) is 0.716. The molecule has 0 radical (unpaired) electrons. The lowest BCUT2D eigenvalue weighted by atomic mass is 10.2. The van der Waals surface area contributed by atoms with Gasteiger partial charge in [0, 0.05) is 0 Å². The van der Waals surface area contributed by atoms with Crippen molar-refractivity contribution < 1.29 is 29.0 Å². The van der Waals surface area contributed by atoms with Crippen LogP contribution in [0.25, 0.3) is 0 Å². The van der Waals surface area contributed by atoms with Gasteiger partial charge in [0.25, 0.3) is 0 Å². The summed E-state index contributed by atoms with van der Waals surface area (Å²) in [5.41, 5.74) is 0.473. The summed E-state index contributed by atoms with van der Waals surface area (Å²) in [7, 11) is 1.35. The van der Waals surface area contributed by atoms with Crippen LogP contribution in [-0.4, -0.2) is 62.7 Å². The van der Waals surface area contributed by atoms with Gasteiger partial charge >= 0.3 is 5.97 Å². The lowest BCUT2D eigenvalue weighted by molar-refractivity contribution is -0.918. The molecule has 2 rings (SSSR count). The molecule has 0 saturated carbocycles. The van der Waals surface area contributed by atoms with Crippen molar-refractivity contribution in [3.8, 4) is 5.75 Å². The van der Waals surface area contributed by atoms with E-state index >= 15 is 0 Å². The van der Waals surface area contributed by atoms with Gasteiger partial charge in [-0.25, -0.2) is 4.79 Å². The van der Waals surface area contributed by atoms with E-state index in [0.717, 1.165) is 13.1 Å². The molecule has 1 aromatic rings. The standard InChI is InChI=1S/C17H25NO5/c1-12-8-18(9-13(2)23-12)10-15(19)11-22-16-6-4-14(5-7-16)17(20)21-3/h4-7,12-13,15,19H,8-11H2,1-3H3/p+1/t12-,13+,15-/m0/s1. The second-order valence-corrected chi connectivity index (χ2v) is 6.10. The summed E-state index contributed by atoms with van der Waals surface area (Å²) in [6, 6.07) is 6.68. The Labute approximate surface area is 136 Å². The highest BCUT2D eigenvalue weighted by atomic mass is 16.5. The second kappa shape index (κ2) is 8.29. The summed E-state index contributed by atoms with van der Waals surface area (Å²) in [5.74, 6) is 0.242. The smallest absolute Gasteiger partial charge is 0.337 e. The van der Waals surface area contributed by atoms with E-state index in [1.54, 1.807) is 24.3 Å². The van der Waals surface area contributed by atoms with E-state index in [1.807, 2.05) is 0 Å². The van der Waals surface area contributed by atoms with Crippen LogP contribution in [0, 0.1) is 0 Å². The molecule has 1 saturated heterocycles. The highest BCUT2D eigenvalue weighted by Gasteiger charge is 2.27. The van der Waals surface area contributed by atoms with Gasteiger partial charge in [0.15, 0.2) is 0 Å². The van der Waals surface area contributed by atoms with E-state index < -0.39 is 6.10 Å². The number of esters is 1. The van der Waals surface area contributed by atoms with Crippen LogP contribution in [0.3, 0.4) is 0 Å². The van der Waals surface area contributed by atoms with Crippen molar-refractivity contribution in [1.82, 2.24) is 0 Å². The minimum Gasteiger partial charge on any atom is -0.491 e. The van der Waals surface area contributed by atoms with Crippen molar-refractivity contribution in [3.05, 3.63) is 29.8 Å². The van der Waals surface area contributed by atoms with Gasteiger partial charge in [0.2, 0.25) is 0 Å². The molecule has 4 atom stereocenters. The first-order chi connectivity index (χ1) is 11.0. The number of aliphatic hydroxyl groups excluding tert-OH is 1. The SMILES string of the molecule is COC(=O)c1ccc(OC[C@@H](O)C[NH+]2C[C@@H](C)O[C@@H](C)C2)cc1. The Morgan fingerprint density at radius 2 is 1.91 bits per heavy atom. The van der Waals surface area contributed by atoms with Crippen LogP contribution in [0.4, 0.5) is 0 Å². The van der Waals surface area contributed by atoms with E-state index in [9.17, 15) is 9.90 Å². The molecule has 6 nitrogen and oxygen atoms in total. The number of carbonyl (C=O) groups is 1. The Kier molecular flexibility index (Phi) is 6.38. The predicted molar refractivity (Wildman–Crippen MR) is 84.9 cm³/mol. The van der Waals surface area contributed by atoms with Crippen LogP contribution in [0.2, 0.25) is 0 Å². The summed E-state index contributed by atoms with van der Waals surface area (Å²) in [5, 5.41) is 10.2. The number of morpholine rings is 1. The Morgan fingerprint density at radius 1 is 1.30 bits per heavy atom. The molecule has 23 heavy (non-hydrogen) atoms. The molecule has 1 unspecified atom stereocenters. The Balaban J connectivity index is 1.77. The number of methoxy groups -OCH3 is 1. The summed E-state index contributed by atoms with van der Waals surface area (Å²) in [6.45, 7) is 6.77. The lowest BCUT2D eigenvalue weighted by Crippen LogP contribution is -3.16. The van der Waals surface area contributed by atoms with Crippen molar-refractivity contribution in [2.75, 3.05) is 33.4 Å². The summed E-state index contributed by atoms with van der Waals surface area (Å²) in [6.07, 6.45) is -0.108. The number of rotatable bonds is 6. The number of ether oxygens (including phenoxy) is 3. The van der Waals surface area contributed by atoms with E-state index in [2.05, 4.69) is 18.6 Å². The van der Waals surface area contributed by atoms with E-state index in [0.29, 0.717) is 17.9 Å². The molecule has 0 amide bonds. The zero-order chi connectivity index (χ0) is 16.8. The number of benzene rings is 1. The maximum atomic E-state index is 11.3. The molecule has 2 N–H and O–H groups in total. The fourth-order valence-corrected chi connectivity index (χ4v) is 2.95.